The zero-order valence-electron chi connectivity index (χ0n) is 17.3. The Morgan fingerprint density at radius 3 is 2.25 bits per heavy atom. The molecule has 3 heterocycles. The van der Waals surface area contributed by atoms with Gasteiger partial charge in [0, 0.05) is 12.1 Å². The molecular weight excluding hydrogens is 356 g/mol. The SMILES string of the molecule is CC1(C)O[C@@H]2[C@H](O1)[C@H](C1(N)CC1)N(Cc1ccccc1)[C@H]2[C@H]1COC(C)(C)O1. The molecule has 1 aliphatic carbocycles. The van der Waals surface area contributed by atoms with Gasteiger partial charge in [0.2, 0.25) is 0 Å². The lowest BCUT2D eigenvalue weighted by molar-refractivity contribution is -0.185. The van der Waals surface area contributed by atoms with Crippen molar-refractivity contribution in [2.24, 2.45) is 5.73 Å². The van der Waals surface area contributed by atoms with Crippen LogP contribution in [0.15, 0.2) is 30.3 Å². The van der Waals surface area contributed by atoms with Crippen molar-refractivity contribution in [1.82, 2.24) is 4.90 Å². The van der Waals surface area contributed by atoms with Gasteiger partial charge in [-0.15, -0.1) is 0 Å². The minimum Gasteiger partial charge on any atom is -0.348 e. The minimum atomic E-state index is -0.606. The zero-order valence-corrected chi connectivity index (χ0v) is 17.3. The van der Waals surface area contributed by atoms with Gasteiger partial charge in [-0.3, -0.25) is 4.90 Å². The van der Waals surface area contributed by atoms with Crippen molar-refractivity contribution in [3.63, 3.8) is 0 Å². The summed E-state index contributed by atoms with van der Waals surface area (Å²) < 4.78 is 25.1. The Hall–Kier alpha value is -1.02. The molecule has 2 N–H and O–H groups in total. The molecule has 4 fully saturated rings. The molecule has 0 spiro atoms. The number of fused-ring (bicyclic) bond motifs is 1. The van der Waals surface area contributed by atoms with Crippen molar-refractivity contribution in [1.29, 1.82) is 0 Å². The molecule has 5 atom stereocenters. The molecule has 0 amide bonds. The quantitative estimate of drug-likeness (QED) is 0.854. The molecule has 1 aromatic rings. The fraction of sp³-hybridized carbons (Fsp3) is 0.727. The van der Waals surface area contributed by atoms with Crippen molar-refractivity contribution in [3.8, 4) is 0 Å². The van der Waals surface area contributed by atoms with Crippen LogP contribution in [0, 0.1) is 0 Å². The van der Waals surface area contributed by atoms with E-state index in [-0.39, 0.29) is 35.9 Å². The summed E-state index contributed by atoms with van der Waals surface area (Å²) in [6.45, 7) is 9.29. The van der Waals surface area contributed by atoms with Crippen LogP contribution in [0.1, 0.15) is 46.1 Å². The molecule has 0 radical (unpaired) electrons. The molecule has 154 valence electrons. The molecule has 0 bridgehead atoms. The second-order valence-electron chi connectivity index (χ2n) is 9.76. The average molecular weight is 389 g/mol. The van der Waals surface area contributed by atoms with Crippen molar-refractivity contribution in [2.75, 3.05) is 6.61 Å². The van der Waals surface area contributed by atoms with Crippen LogP contribution in [0.4, 0.5) is 0 Å². The summed E-state index contributed by atoms with van der Waals surface area (Å²) in [6, 6.07) is 10.7. The van der Waals surface area contributed by atoms with Crippen molar-refractivity contribution in [3.05, 3.63) is 35.9 Å². The van der Waals surface area contributed by atoms with Gasteiger partial charge in [-0.25, -0.2) is 0 Å². The zero-order chi connectivity index (χ0) is 19.7. The number of ether oxygens (including phenoxy) is 4. The first-order valence-electron chi connectivity index (χ1n) is 10.4. The van der Waals surface area contributed by atoms with Crippen molar-refractivity contribution < 1.29 is 18.9 Å². The highest BCUT2D eigenvalue weighted by Gasteiger charge is 2.67. The van der Waals surface area contributed by atoms with Crippen molar-refractivity contribution >= 4 is 0 Å². The maximum atomic E-state index is 6.81. The molecule has 3 saturated heterocycles. The first-order valence-corrected chi connectivity index (χ1v) is 10.4. The van der Waals surface area contributed by atoms with Crippen molar-refractivity contribution in [2.45, 2.75) is 94.6 Å². The standard InChI is InChI=1S/C22H32N2O4/c1-20(2)25-13-15(26-20)16-17-18(28-21(3,4)27-17)19(22(23)10-11-22)24(16)12-14-8-6-5-7-9-14/h5-9,15-19H,10-13,23H2,1-4H3/t15-,16+,17+,18+,19-/m1/s1. The largest absolute Gasteiger partial charge is 0.348 e. The van der Waals surface area contributed by atoms with Gasteiger partial charge in [-0.05, 0) is 46.1 Å². The lowest BCUT2D eigenvalue weighted by atomic mass is 9.99. The van der Waals surface area contributed by atoms with Crippen LogP contribution in [0.3, 0.4) is 0 Å². The number of likely N-dealkylation sites (tertiary alicyclic amines) is 1. The number of benzene rings is 1. The number of nitrogens with zero attached hydrogens (tertiary/aromatic N) is 1. The first-order chi connectivity index (χ1) is 13.2. The molecule has 0 aromatic heterocycles. The van der Waals surface area contributed by atoms with E-state index in [1.54, 1.807) is 0 Å². The minimum absolute atomic E-state index is 0.0415. The fourth-order valence-electron chi connectivity index (χ4n) is 5.29. The van der Waals surface area contributed by atoms with Crippen LogP contribution in [0.25, 0.3) is 0 Å². The lowest BCUT2D eigenvalue weighted by Crippen LogP contribution is -2.55. The van der Waals surface area contributed by atoms with E-state index in [1.165, 1.54) is 5.56 Å². The average Bonchev–Trinajstić information content (AvgIpc) is 2.99. The Labute approximate surface area is 167 Å². The van der Waals surface area contributed by atoms with Crippen LogP contribution in [-0.4, -0.2) is 59.0 Å². The summed E-state index contributed by atoms with van der Waals surface area (Å²) in [5.74, 6) is -1.18. The second kappa shape index (κ2) is 6.24. The molecule has 3 aliphatic heterocycles. The third-order valence-electron chi connectivity index (χ3n) is 6.59. The van der Waals surface area contributed by atoms with Crippen LogP contribution in [0.5, 0.6) is 0 Å². The van der Waals surface area contributed by atoms with Crippen LogP contribution >= 0.6 is 0 Å². The molecule has 28 heavy (non-hydrogen) atoms. The summed E-state index contributed by atoms with van der Waals surface area (Å²) in [5, 5.41) is 0. The monoisotopic (exact) mass is 388 g/mol. The number of hydrogen-bond donors (Lipinski definition) is 1. The molecule has 6 nitrogen and oxygen atoms in total. The van der Waals surface area contributed by atoms with Crippen LogP contribution in [0.2, 0.25) is 0 Å². The van der Waals surface area contributed by atoms with Gasteiger partial charge in [0.05, 0.1) is 18.7 Å². The molecule has 6 heteroatoms. The van der Waals surface area contributed by atoms with Gasteiger partial charge in [0.25, 0.3) is 0 Å². The molecular formula is C22H32N2O4. The Bertz CT molecular complexity index is 733. The van der Waals surface area contributed by atoms with E-state index < -0.39 is 11.6 Å². The fourth-order valence-corrected chi connectivity index (χ4v) is 5.29. The smallest absolute Gasteiger partial charge is 0.163 e. The van der Waals surface area contributed by atoms with E-state index in [0.717, 1.165) is 19.4 Å². The van der Waals surface area contributed by atoms with Gasteiger partial charge in [0.15, 0.2) is 11.6 Å². The molecule has 5 rings (SSSR count). The van der Waals surface area contributed by atoms with E-state index in [1.807, 2.05) is 33.8 Å². The third kappa shape index (κ3) is 3.20. The normalized spacial score (nSPS) is 40.5. The Kier molecular flexibility index (Phi) is 4.23. The predicted molar refractivity (Wildman–Crippen MR) is 104 cm³/mol. The maximum absolute atomic E-state index is 6.81. The first kappa shape index (κ1) is 19.0. The number of nitrogens with two attached hydrogens (primary N) is 1. The highest BCUT2D eigenvalue weighted by Crippen LogP contribution is 2.52. The van der Waals surface area contributed by atoms with Crippen LogP contribution < -0.4 is 5.73 Å². The molecule has 1 aromatic carbocycles. The Balaban J connectivity index is 1.52. The Morgan fingerprint density at radius 2 is 1.64 bits per heavy atom. The van der Waals surface area contributed by atoms with Gasteiger partial charge >= 0.3 is 0 Å². The Morgan fingerprint density at radius 1 is 0.964 bits per heavy atom. The van der Waals surface area contributed by atoms with E-state index in [4.69, 9.17) is 24.7 Å². The molecule has 1 saturated carbocycles. The number of rotatable bonds is 4. The molecule has 0 unspecified atom stereocenters. The third-order valence-corrected chi connectivity index (χ3v) is 6.59. The van der Waals surface area contributed by atoms with Gasteiger partial charge < -0.3 is 24.7 Å². The van der Waals surface area contributed by atoms with Gasteiger partial charge in [-0.2, -0.15) is 0 Å². The summed E-state index contributed by atoms with van der Waals surface area (Å²) >= 11 is 0. The summed E-state index contributed by atoms with van der Waals surface area (Å²) in [5.41, 5.74) is 7.85. The van der Waals surface area contributed by atoms with E-state index >= 15 is 0 Å². The highest BCUT2D eigenvalue weighted by molar-refractivity contribution is 5.23. The van der Waals surface area contributed by atoms with E-state index in [0.29, 0.717) is 6.61 Å². The van der Waals surface area contributed by atoms with Gasteiger partial charge in [0.1, 0.15) is 18.3 Å². The van der Waals surface area contributed by atoms with E-state index in [9.17, 15) is 0 Å². The van der Waals surface area contributed by atoms with Crippen LogP contribution in [-0.2, 0) is 25.5 Å². The predicted octanol–water partition coefficient (Wildman–Crippen LogP) is 2.40. The summed E-state index contributed by atoms with van der Waals surface area (Å²) in [6.07, 6.45) is 1.85. The summed E-state index contributed by atoms with van der Waals surface area (Å²) in [7, 11) is 0. The number of hydrogen-bond acceptors (Lipinski definition) is 6. The molecule has 4 aliphatic rings. The van der Waals surface area contributed by atoms with E-state index in [2.05, 4.69) is 29.2 Å². The lowest BCUT2D eigenvalue weighted by Gasteiger charge is -2.38. The topological polar surface area (TPSA) is 66.2 Å². The second-order valence-corrected chi connectivity index (χ2v) is 9.76. The highest BCUT2D eigenvalue weighted by atomic mass is 16.8. The maximum Gasteiger partial charge on any atom is 0.163 e. The van der Waals surface area contributed by atoms with Gasteiger partial charge in [-0.1, -0.05) is 30.3 Å². The summed E-state index contributed by atoms with van der Waals surface area (Å²) in [4.78, 5) is 2.49.